The Morgan fingerprint density at radius 3 is 1.50 bits per heavy atom. The molecule has 0 N–H and O–H groups in total. The van der Waals surface area contributed by atoms with E-state index in [2.05, 4.69) is 13.8 Å². The second-order valence-corrected chi connectivity index (χ2v) is 5.14. The van der Waals surface area contributed by atoms with Crippen molar-refractivity contribution in [2.24, 2.45) is 23.7 Å². The molecule has 2 aliphatic carbocycles. The van der Waals surface area contributed by atoms with Crippen LogP contribution in [0.15, 0.2) is 0 Å². The maximum absolute atomic E-state index is 2.48. The Bertz CT molecular complexity index is 132. The Morgan fingerprint density at radius 1 is 0.667 bits per heavy atom. The van der Waals surface area contributed by atoms with Gasteiger partial charge >= 0.3 is 0 Å². The molecule has 70 valence electrons. The first-order valence-electron chi connectivity index (χ1n) is 5.79. The van der Waals surface area contributed by atoms with Crippen LogP contribution >= 0.6 is 0 Å². The molecule has 12 heavy (non-hydrogen) atoms. The van der Waals surface area contributed by atoms with Crippen molar-refractivity contribution in [1.29, 1.82) is 0 Å². The van der Waals surface area contributed by atoms with Crippen molar-refractivity contribution < 1.29 is 0 Å². The molecule has 0 saturated heterocycles. The van der Waals surface area contributed by atoms with Crippen molar-refractivity contribution in [3.8, 4) is 0 Å². The normalized spacial score (nSPS) is 48.5. The summed E-state index contributed by atoms with van der Waals surface area (Å²) >= 11 is 0. The molecule has 0 bridgehead atoms. The second-order valence-electron chi connectivity index (χ2n) is 5.14. The molecule has 0 aliphatic heterocycles. The Morgan fingerprint density at radius 2 is 1.08 bits per heavy atom. The molecule has 0 amide bonds. The van der Waals surface area contributed by atoms with Crippen molar-refractivity contribution in [3.63, 3.8) is 0 Å². The molecule has 0 aromatic rings. The molecule has 2 fully saturated rings. The fraction of sp³-hybridized carbons (Fsp3) is 1.00. The summed E-state index contributed by atoms with van der Waals surface area (Å²) in [5.74, 6) is 4.27. The largest absolute Gasteiger partial charge is 0.0622 e. The van der Waals surface area contributed by atoms with Crippen LogP contribution in [0.1, 0.15) is 52.4 Å². The minimum atomic E-state index is 1.03. The molecule has 4 atom stereocenters. The summed E-state index contributed by atoms with van der Waals surface area (Å²) in [6.45, 7) is 4.96. The average Bonchev–Trinajstić information content (AvgIpc) is 2.07. The molecule has 2 saturated carbocycles. The quantitative estimate of drug-likeness (QED) is 0.512. The number of fused-ring (bicyclic) bond motifs is 1. The van der Waals surface area contributed by atoms with Gasteiger partial charge in [0, 0.05) is 0 Å². The zero-order valence-corrected chi connectivity index (χ0v) is 8.55. The number of rotatable bonds is 0. The predicted molar refractivity (Wildman–Crippen MR) is 53.0 cm³/mol. The predicted octanol–water partition coefficient (Wildman–Crippen LogP) is 3.86. The first-order chi connectivity index (χ1) is 5.79. The van der Waals surface area contributed by atoms with Crippen molar-refractivity contribution in [2.75, 3.05) is 0 Å². The standard InChI is InChI=1S/C12H22/c1-9-5-3-8-12-10(2)6-4-7-11(9)12/h9-12H,3-8H2,1-2H3/t9-,10-,11-,12-/m1/s1. The smallest absolute Gasteiger partial charge is 0.0358 e. The Hall–Kier alpha value is 0. The average molecular weight is 166 g/mol. The Balaban J connectivity index is 2.05. The van der Waals surface area contributed by atoms with E-state index >= 15 is 0 Å². The van der Waals surface area contributed by atoms with Crippen molar-refractivity contribution in [1.82, 2.24) is 0 Å². The van der Waals surface area contributed by atoms with Crippen LogP contribution in [-0.2, 0) is 0 Å². The minimum absolute atomic E-state index is 1.03. The van der Waals surface area contributed by atoms with Crippen LogP contribution in [0.2, 0.25) is 0 Å². The molecule has 0 spiro atoms. The van der Waals surface area contributed by atoms with Crippen LogP contribution in [0.5, 0.6) is 0 Å². The van der Waals surface area contributed by atoms with Crippen molar-refractivity contribution in [2.45, 2.75) is 52.4 Å². The maximum atomic E-state index is 2.48. The van der Waals surface area contributed by atoms with Gasteiger partial charge < -0.3 is 0 Å². The molecular formula is C12H22. The maximum Gasteiger partial charge on any atom is -0.0358 e. The van der Waals surface area contributed by atoms with Crippen LogP contribution < -0.4 is 0 Å². The molecule has 2 aliphatic rings. The first kappa shape index (κ1) is 8.59. The fourth-order valence-corrected chi connectivity index (χ4v) is 3.62. The topological polar surface area (TPSA) is 0 Å². The van der Waals surface area contributed by atoms with E-state index in [0.29, 0.717) is 0 Å². The van der Waals surface area contributed by atoms with Crippen LogP contribution in [-0.4, -0.2) is 0 Å². The van der Waals surface area contributed by atoms with E-state index in [-0.39, 0.29) is 0 Å². The molecule has 0 aromatic heterocycles. The molecule has 0 nitrogen and oxygen atoms in total. The zero-order valence-electron chi connectivity index (χ0n) is 8.55. The fourth-order valence-electron chi connectivity index (χ4n) is 3.62. The van der Waals surface area contributed by atoms with Crippen LogP contribution in [0, 0.1) is 23.7 Å². The molecule has 0 radical (unpaired) electrons. The van der Waals surface area contributed by atoms with E-state index in [0.717, 1.165) is 23.7 Å². The molecule has 0 heterocycles. The van der Waals surface area contributed by atoms with Gasteiger partial charge in [-0.15, -0.1) is 0 Å². The van der Waals surface area contributed by atoms with Gasteiger partial charge in [0.25, 0.3) is 0 Å². The zero-order chi connectivity index (χ0) is 8.55. The van der Waals surface area contributed by atoms with Gasteiger partial charge in [0.1, 0.15) is 0 Å². The van der Waals surface area contributed by atoms with Gasteiger partial charge in [0.2, 0.25) is 0 Å². The van der Waals surface area contributed by atoms with Gasteiger partial charge in [-0.3, -0.25) is 0 Å². The van der Waals surface area contributed by atoms with Gasteiger partial charge in [-0.05, 0) is 36.5 Å². The van der Waals surface area contributed by atoms with Gasteiger partial charge in [-0.25, -0.2) is 0 Å². The third kappa shape index (κ3) is 1.41. The van der Waals surface area contributed by atoms with E-state index in [1.807, 2.05) is 0 Å². The molecule has 0 unspecified atom stereocenters. The number of hydrogen-bond acceptors (Lipinski definition) is 0. The van der Waals surface area contributed by atoms with E-state index in [1.54, 1.807) is 0 Å². The van der Waals surface area contributed by atoms with Crippen LogP contribution in [0.4, 0.5) is 0 Å². The lowest BCUT2D eigenvalue weighted by Gasteiger charge is -2.43. The van der Waals surface area contributed by atoms with Gasteiger partial charge in [0.15, 0.2) is 0 Å². The highest BCUT2D eigenvalue weighted by Crippen LogP contribution is 2.46. The van der Waals surface area contributed by atoms with E-state index in [1.165, 1.54) is 38.5 Å². The van der Waals surface area contributed by atoms with Crippen LogP contribution in [0.25, 0.3) is 0 Å². The van der Waals surface area contributed by atoms with Gasteiger partial charge in [0.05, 0.1) is 0 Å². The lowest BCUT2D eigenvalue weighted by atomic mass is 9.62. The molecule has 2 rings (SSSR count). The van der Waals surface area contributed by atoms with E-state index in [9.17, 15) is 0 Å². The lowest BCUT2D eigenvalue weighted by Crippen LogP contribution is -2.34. The van der Waals surface area contributed by atoms with E-state index in [4.69, 9.17) is 0 Å². The SMILES string of the molecule is C[C@@H]1CCC[C@H]2[C@@H]1CCC[C@H]2C. The third-order valence-corrected chi connectivity index (χ3v) is 4.41. The summed E-state index contributed by atoms with van der Waals surface area (Å²) in [7, 11) is 0. The number of hydrogen-bond donors (Lipinski definition) is 0. The summed E-state index contributed by atoms with van der Waals surface area (Å²) in [6.07, 6.45) is 9.10. The minimum Gasteiger partial charge on any atom is -0.0622 e. The summed E-state index contributed by atoms with van der Waals surface area (Å²) in [5.41, 5.74) is 0. The highest BCUT2D eigenvalue weighted by atomic mass is 14.4. The van der Waals surface area contributed by atoms with Crippen LogP contribution in [0.3, 0.4) is 0 Å². The van der Waals surface area contributed by atoms with Gasteiger partial charge in [-0.2, -0.15) is 0 Å². The molecular weight excluding hydrogens is 144 g/mol. The Kier molecular flexibility index (Phi) is 2.43. The lowest BCUT2D eigenvalue weighted by molar-refractivity contribution is 0.0702. The summed E-state index contributed by atoms with van der Waals surface area (Å²) in [4.78, 5) is 0. The highest BCUT2D eigenvalue weighted by Gasteiger charge is 2.35. The molecule has 0 aromatic carbocycles. The van der Waals surface area contributed by atoms with Crippen molar-refractivity contribution in [3.05, 3.63) is 0 Å². The first-order valence-corrected chi connectivity index (χ1v) is 5.79. The Labute approximate surface area is 76.7 Å². The summed E-state index contributed by atoms with van der Waals surface area (Å²) in [5, 5.41) is 0. The van der Waals surface area contributed by atoms with Crippen molar-refractivity contribution >= 4 is 0 Å². The third-order valence-electron chi connectivity index (χ3n) is 4.41. The molecule has 0 heteroatoms. The highest BCUT2D eigenvalue weighted by molar-refractivity contribution is 4.86. The van der Waals surface area contributed by atoms with Gasteiger partial charge in [-0.1, -0.05) is 39.5 Å². The second kappa shape index (κ2) is 3.40. The monoisotopic (exact) mass is 166 g/mol. The van der Waals surface area contributed by atoms with E-state index < -0.39 is 0 Å². The summed E-state index contributed by atoms with van der Waals surface area (Å²) in [6, 6.07) is 0. The summed E-state index contributed by atoms with van der Waals surface area (Å²) < 4.78 is 0.